The number of aliphatic hydroxyl groups excluding tert-OH is 2. The Labute approximate surface area is 106 Å². The summed E-state index contributed by atoms with van der Waals surface area (Å²) < 4.78 is 11.1. The Hall–Kier alpha value is -0.850. The van der Waals surface area contributed by atoms with Gasteiger partial charge >= 0.3 is 0 Å². The molecular formula is C11H21N3O4. The highest BCUT2D eigenvalue weighted by Gasteiger charge is 2.41. The van der Waals surface area contributed by atoms with E-state index >= 15 is 0 Å². The van der Waals surface area contributed by atoms with Crippen LogP contribution in [0.25, 0.3) is 10.4 Å². The van der Waals surface area contributed by atoms with Crippen molar-refractivity contribution >= 4 is 0 Å². The second-order valence-electron chi connectivity index (χ2n) is 4.47. The van der Waals surface area contributed by atoms with Gasteiger partial charge < -0.3 is 19.7 Å². The van der Waals surface area contributed by atoms with Gasteiger partial charge in [-0.05, 0) is 18.4 Å². The zero-order chi connectivity index (χ0) is 13.5. The molecule has 0 amide bonds. The lowest BCUT2D eigenvalue weighted by Crippen LogP contribution is -2.54. The second kappa shape index (κ2) is 7.56. The van der Waals surface area contributed by atoms with Gasteiger partial charge in [0.2, 0.25) is 0 Å². The summed E-state index contributed by atoms with van der Waals surface area (Å²) in [5, 5.41) is 23.1. The van der Waals surface area contributed by atoms with Gasteiger partial charge in [0.25, 0.3) is 0 Å². The van der Waals surface area contributed by atoms with E-state index in [0.717, 1.165) is 0 Å². The summed E-state index contributed by atoms with van der Waals surface area (Å²) in [5.74, 6) is -0.290. The van der Waals surface area contributed by atoms with Crippen molar-refractivity contribution in [1.82, 2.24) is 0 Å². The zero-order valence-electron chi connectivity index (χ0n) is 10.8. The third-order valence-corrected chi connectivity index (χ3v) is 3.16. The second-order valence-corrected chi connectivity index (χ2v) is 4.47. The molecule has 1 aliphatic rings. The number of nitrogens with zero attached hydrogens (tertiary/aromatic N) is 3. The van der Waals surface area contributed by atoms with Crippen molar-refractivity contribution in [2.75, 3.05) is 13.2 Å². The fraction of sp³-hybridized carbons (Fsp3) is 1.00. The lowest BCUT2D eigenvalue weighted by molar-refractivity contribution is -0.277. The molecule has 7 heteroatoms. The Balaban J connectivity index is 2.41. The third-order valence-electron chi connectivity index (χ3n) is 3.16. The smallest absolute Gasteiger partial charge is 0.163 e. The average Bonchev–Trinajstić information content (AvgIpc) is 2.38. The largest absolute Gasteiger partial charge is 0.390 e. The molecule has 2 unspecified atom stereocenters. The molecule has 1 fully saturated rings. The van der Waals surface area contributed by atoms with Crippen LogP contribution in [0.2, 0.25) is 0 Å². The van der Waals surface area contributed by atoms with E-state index < -0.39 is 24.6 Å². The first-order chi connectivity index (χ1) is 8.61. The summed E-state index contributed by atoms with van der Waals surface area (Å²) in [5.41, 5.74) is 8.12. The van der Waals surface area contributed by atoms with Gasteiger partial charge in [-0.25, -0.2) is 0 Å². The molecule has 18 heavy (non-hydrogen) atoms. The molecule has 2 N–H and O–H groups in total. The third kappa shape index (κ3) is 3.83. The average molecular weight is 259 g/mol. The van der Waals surface area contributed by atoms with Crippen LogP contribution in [0.3, 0.4) is 0 Å². The molecule has 1 rings (SSSR count). The van der Waals surface area contributed by atoms with Crippen LogP contribution >= 0.6 is 0 Å². The maximum absolute atomic E-state index is 9.88. The van der Waals surface area contributed by atoms with E-state index in [-0.39, 0.29) is 5.92 Å². The van der Waals surface area contributed by atoms with Crippen LogP contribution < -0.4 is 0 Å². The van der Waals surface area contributed by atoms with Gasteiger partial charge in [-0.2, -0.15) is 0 Å². The number of ether oxygens (including phenoxy) is 2. The van der Waals surface area contributed by atoms with E-state index in [2.05, 4.69) is 10.0 Å². The quantitative estimate of drug-likeness (QED) is 0.323. The van der Waals surface area contributed by atoms with Crippen molar-refractivity contribution in [2.45, 2.75) is 51.3 Å². The molecule has 104 valence electrons. The highest BCUT2D eigenvalue weighted by molar-refractivity contribution is 4.86. The number of azide groups is 1. The fourth-order valence-corrected chi connectivity index (χ4v) is 1.98. The first kappa shape index (κ1) is 15.2. The highest BCUT2D eigenvalue weighted by atomic mass is 16.7. The normalized spacial score (nSPS) is 36.1. The predicted molar refractivity (Wildman–Crippen MR) is 64.7 cm³/mol. The minimum Gasteiger partial charge on any atom is -0.390 e. The molecule has 5 atom stereocenters. The number of hydrogen-bond acceptors (Lipinski definition) is 5. The Bertz CT molecular complexity index is 294. The van der Waals surface area contributed by atoms with Gasteiger partial charge in [0.1, 0.15) is 6.10 Å². The van der Waals surface area contributed by atoms with E-state index in [9.17, 15) is 10.2 Å². The van der Waals surface area contributed by atoms with Crippen LogP contribution in [0.4, 0.5) is 0 Å². The van der Waals surface area contributed by atoms with Crippen molar-refractivity contribution in [2.24, 2.45) is 11.0 Å². The molecule has 1 heterocycles. The van der Waals surface area contributed by atoms with Crippen LogP contribution in [0.1, 0.15) is 26.7 Å². The predicted octanol–water partition coefficient (Wildman–Crippen LogP) is 1.20. The van der Waals surface area contributed by atoms with Gasteiger partial charge in [0, 0.05) is 24.0 Å². The van der Waals surface area contributed by atoms with Crippen molar-refractivity contribution < 1.29 is 19.7 Å². The van der Waals surface area contributed by atoms with E-state index in [1.807, 2.05) is 6.92 Å². The SMILES string of the molecule is CCC1O[C@@H](OCCCN=[N+]=[N-])C(C)[C@@H](O)[C@@H]1O. The molecule has 7 nitrogen and oxygen atoms in total. The summed E-state index contributed by atoms with van der Waals surface area (Å²) >= 11 is 0. The maximum atomic E-state index is 9.88. The Kier molecular flexibility index (Phi) is 6.38. The van der Waals surface area contributed by atoms with Gasteiger partial charge in [-0.3, -0.25) is 0 Å². The Morgan fingerprint density at radius 1 is 1.39 bits per heavy atom. The monoisotopic (exact) mass is 259 g/mol. The van der Waals surface area contributed by atoms with Crippen molar-refractivity contribution in [3.05, 3.63) is 10.4 Å². The van der Waals surface area contributed by atoms with Crippen LogP contribution in [-0.4, -0.2) is 48.0 Å². The Morgan fingerprint density at radius 2 is 2.11 bits per heavy atom. The van der Waals surface area contributed by atoms with E-state index in [1.165, 1.54) is 0 Å². The maximum Gasteiger partial charge on any atom is 0.163 e. The first-order valence-electron chi connectivity index (χ1n) is 6.25. The summed E-state index contributed by atoms with van der Waals surface area (Å²) in [4.78, 5) is 2.65. The molecule has 0 radical (unpaired) electrons. The number of hydrogen-bond donors (Lipinski definition) is 2. The van der Waals surface area contributed by atoms with Gasteiger partial charge in [-0.1, -0.05) is 19.0 Å². The van der Waals surface area contributed by atoms with Crippen LogP contribution in [0, 0.1) is 5.92 Å². The molecule has 0 saturated carbocycles. The molecule has 1 saturated heterocycles. The minimum atomic E-state index is -0.868. The lowest BCUT2D eigenvalue weighted by atomic mass is 9.91. The van der Waals surface area contributed by atoms with Gasteiger partial charge in [-0.15, -0.1) is 0 Å². The summed E-state index contributed by atoms with van der Waals surface area (Å²) in [6, 6.07) is 0. The number of aliphatic hydroxyl groups is 2. The van der Waals surface area contributed by atoms with E-state index in [0.29, 0.717) is 26.0 Å². The molecule has 0 spiro atoms. The standard InChI is InChI=1S/C11H21N3O4/c1-3-8-10(16)9(15)7(2)11(18-8)17-6-4-5-13-14-12/h7-11,15-16H,3-6H2,1-2H3/t7?,8?,9-,10-,11-/m1/s1. The summed E-state index contributed by atoms with van der Waals surface area (Å²) in [6.07, 6.45) is -1.42. The zero-order valence-corrected chi connectivity index (χ0v) is 10.8. The van der Waals surface area contributed by atoms with E-state index in [1.54, 1.807) is 6.92 Å². The van der Waals surface area contributed by atoms with Gasteiger partial charge in [0.05, 0.1) is 12.2 Å². The molecule has 0 aromatic rings. The minimum absolute atomic E-state index is 0.290. The highest BCUT2D eigenvalue weighted by Crippen LogP contribution is 2.28. The lowest BCUT2D eigenvalue weighted by Gasteiger charge is -2.41. The molecule has 0 aromatic carbocycles. The molecule has 1 aliphatic heterocycles. The Morgan fingerprint density at radius 3 is 2.72 bits per heavy atom. The summed E-state index contributed by atoms with van der Waals surface area (Å²) in [6.45, 7) is 4.43. The molecular weight excluding hydrogens is 238 g/mol. The topological polar surface area (TPSA) is 108 Å². The molecule has 0 aliphatic carbocycles. The van der Waals surface area contributed by atoms with Crippen LogP contribution in [0.5, 0.6) is 0 Å². The van der Waals surface area contributed by atoms with Crippen molar-refractivity contribution in [1.29, 1.82) is 0 Å². The van der Waals surface area contributed by atoms with Crippen molar-refractivity contribution in [3.8, 4) is 0 Å². The fourth-order valence-electron chi connectivity index (χ4n) is 1.98. The van der Waals surface area contributed by atoms with E-state index in [4.69, 9.17) is 15.0 Å². The number of rotatable bonds is 6. The van der Waals surface area contributed by atoms with Crippen LogP contribution in [0.15, 0.2) is 5.11 Å². The van der Waals surface area contributed by atoms with Crippen molar-refractivity contribution in [3.63, 3.8) is 0 Å². The van der Waals surface area contributed by atoms with Crippen LogP contribution in [-0.2, 0) is 9.47 Å². The molecule has 0 aromatic heterocycles. The molecule has 0 bridgehead atoms. The summed E-state index contributed by atoms with van der Waals surface area (Å²) in [7, 11) is 0. The first-order valence-corrected chi connectivity index (χ1v) is 6.25. The van der Waals surface area contributed by atoms with Gasteiger partial charge in [0.15, 0.2) is 6.29 Å².